The summed E-state index contributed by atoms with van der Waals surface area (Å²) in [4.78, 5) is 23.9. The van der Waals surface area contributed by atoms with Crippen LogP contribution in [-0.2, 0) is 9.53 Å². The molecule has 1 saturated heterocycles. The van der Waals surface area contributed by atoms with Gasteiger partial charge < -0.3 is 15.4 Å². The van der Waals surface area contributed by atoms with Crippen molar-refractivity contribution in [2.75, 3.05) is 13.2 Å². The second-order valence-electron chi connectivity index (χ2n) is 3.71. The van der Waals surface area contributed by atoms with Gasteiger partial charge in [-0.1, -0.05) is 13.3 Å². The minimum absolute atomic E-state index is 0.320. The third-order valence-corrected chi connectivity index (χ3v) is 2.55. The predicted molar refractivity (Wildman–Crippen MR) is 55.2 cm³/mol. The lowest BCUT2D eigenvalue weighted by Gasteiger charge is -2.20. The van der Waals surface area contributed by atoms with Crippen molar-refractivity contribution in [3.05, 3.63) is 0 Å². The first-order chi connectivity index (χ1) is 7.16. The zero-order valence-corrected chi connectivity index (χ0v) is 9.07. The molecule has 2 N–H and O–H groups in total. The van der Waals surface area contributed by atoms with Crippen LogP contribution in [0.3, 0.4) is 0 Å². The Balaban J connectivity index is 2.40. The highest BCUT2D eigenvalue weighted by molar-refractivity contribution is 5.83. The second-order valence-corrected chi connectivity index (χ2v) is 3.71. The van der Waals surface area contributed by atoms with E-state index in [1.54, 1.807) is 0 Å². The van der Waals surface area contributed by atoms with E-state index in [-0.39, 0.29) is 5.97 Å². The van der Waals surface area contributed by atoms with Gasteiger partial charge in [-0.3, -0.25) is 0 Å². The molecular weight excluding hydrogens is 196 g/mol. The Morgan fingerprint density at radius 1 is 1.53 bits per heavy atom. The number of hydrogen-bond acceptors (Lipinski definition) is 3. The third-order valence-electron chi connectivity index (χ3n) is 2.55. The van der Waals surface area contributed by atoms with Gasteiger partial charge in [-0.15, -0.1) is 0 Å². The molecule has 5 nitrogen and oxygen atoms in total. The van der Waals surface area contributed by atoms with Crippen molar-refractivity contribution >= 4 is 12.0 Å². The van der Waals surface area contributed by atoms with E-state index in [4.69, 9.17) is 10.5 Å². The zero-order chi connectivity index (χ0) is 11.3. The van der Waals surface area contributed by atoms with E-state index in [0.717, 1.165) is 19.3 Å². The van der Waals surface area contributed by atoms with Gasteiger partial charge in [-0.25, -0.2) is 9.59 Å². The van der Waals surface area contributed by atoms with Gasteiger partial charge in [0, 0.05) is 6.54 Å². The molecule has 1 aliphatic rings. The van der Waals surface area contributed by atoms with Crippen molar-refractivity contribution in [1.82, 2.24) is 4.90 Å². The average Bonchev–Trinajstić information content (AvgIpc) is 2.66. The van der Waals surface area contributed by atoms with Crippen molar-refractivity contribution in [2.45, 2.75) is 38.6 Å². The number of nitrogens with two attached hydrogens (primary N) is 1. The van der Waals surface area contributed by atoms with Gasteiger partial charge in [0.25, 0.3) is 0 Å². The number of carbonyl (C=O) groups excluding carboxylic acids is 2. The van der Waals surface area contributed by atoms with Crippen LogP contribution in [-0.4, -0.2) is 36.1 Å². The van der Waals surface area contributed by atoms with E-state index < -0.39 is 12.1 Å². The first kappa shape index (κ1) is 11.8. The molecule has 1 atom stereocenters. The normalized spacial score (nSPS) is 20.3. The lowest BCUT2D eigenvalue weighted by Crippen LogP contribution is -2.44. The Labute approximate surface area is 89.6 Å². The van der Waals surface area contributed by atoms with Crippen LogP contribution < -0.4 is 5.73 Å². The maximum Gasteiger partial charge on any atom is 0.328 e. The molecule has 1 aliphatic heterocycles. The van der Waals surface area contributed by atoms with E-state index in [0.29, 0.717) is 19.6 Å². The molecule has 1 unspecified atom stereocenters. The minimum atomic E-state index is -0.537. The van der Waals surface area contributed by atoms with Crippen molar-refractivity contribution in [1.29, 1.82) is 0 Å². The quantitative estimate of drug-likeness (QED) is 0.557. The summed E-state index contributed by atoms with van der Waals surface area (Å²) in [6.07, 6.45) is 3.32. The first-order valence-corrected chi connectivity index (χ1v) is 5.39. The summed E-state index contributed by atoms with van der Waals surface area (Å²) in [5, 5.41) is 0. The lowest BCUT2D eigenvalue weighted by atomic mass is 10.2. The van der Waals surface area contributed by atoms with Crippen LogP contribution in [0.2, 0.25) is 0 Å². The molecule has 1 rings (SSSR count). The predicted octanol–water partition coefficient (Wildman–Crippen LogP) is 0.873. The van der Waals surface area contributed by atoms with Gasteiger partial charge in [0.05, 0.1) is 6.61 Å². The van der Waals surface area contributed by atoms with Gasteiger partial charge in [0.15, 0.2) is 0 Å². The molecule has 0 radical (unpaired) electrons. The highest BCUT2D eigenvalue weighted by Crippen LogP contribution is 2.17. The number of likely N-dealkylation sites (tertiary alicyclic amines) is 1. The second kappa shape index (κ2) is 5.58. The van der Waals surface area contributed by atoms with Gasteiger partial charge in [0.2, 0.25) is 0 Å². The molecular formula is C10H18N2O3. The van der Waals surface area contributed by atoms with Crippen LogP contribution in [0, 0.1) is 0 Å². The maximum absolute atomic E-state index is 11.6. The van der Waals surface area contributed by atoms with Crippen LogP contribution in [0.25, 0.3) is 0 Å². The zero-order valence-electron chi connectivity index (χ0n) is 9.07. The molecule has 0 spiro atoms. The first-order valence-electron chi connectivity index (χ1n) is 5.39. The van der Waals surface area contributed by atoms with Crippen LogP contribution in [0.1, 0.15) is 32.6 Å². The average molecular weight is 214 g/mol. The standard InChI is InChI=1S/C10H18N2O3/c1-2-3-7-15-9(13)8-5-4-6-12(8)10(11)14/h8H,2-7H2,1H3,(H2,11,14). The number of urea groups is 1. The molecule has 0 saturated carbocycles. The molecule has 0 bridgehead atoms. The monoisotopic (exact) mass is 214 g/mol. The van der Waals surface area contributed by atoms with E-state index in [2.05, 4.69) is 0 Å². The van der Waals surface area contributed by atoms with Crippen LogP contribution in [0.15, 0.2) is 0 Å². The van der Waals surface area contributed by atoms with Gasteiger partial charge in [-0.05, 0) is 19.3 Å². The lowest BCUT2D eigenvalue weighted by molar-refractivity contribution is -0.148. The Morgan fingerprint density at radius 2 is 2.27 bits per heavy atom. The Hall–Kier alpha value is -1.26. The van der Waals surface area contributed by atoms with Crippen LogP contribution in [0.4, 0.5) is 4.79 Å². The van der Waals surface area contributed by atoms with Gasteiger partial charge in [-0.2, -0.15) is 0 Å². The SMILES string of the molecule is CCCCOC(=O)C1CCCN1C(N)=O. The molecule has 5 heteroatoms. The Morgan fingerprint density at radius 3 is 2.87 bits per heavy atom. The summed E-state index contributed by atoms with van der Waals surface area (Å²) in [5.74, 6) is -0.320. The summed E-state index contributed by atoms with van der Waals surface area (Å²) in [5.41, 5.74) is 5.16. The summed E-state index contributed by atoms with van der Waals surface area (Å²) in [6, 6.07) is -0.996. The number of primary amides is 1. The molecule has 1 heterocycles. The number of ether oxygens (including phenoxy) is 1. The summed E-state index contributed by atoms with van der Waals surface area (Å²) < 4.78 is 5.06. The Kier molecular flexibility index (Phi) is 4.39. The smallest absolute Gasteiger partial charge is 0.328 e. The van der Waals surface area contributed by atoms with E-state index in [1.807, 2.05) is 6.92 Å². The van der Waals surface area contributed by atoms with E-state index in [1.165, 1.54) is 4.90 Å². The van der Waals surface area contributed by atoms with Crippen molar-refractivity contribution in [2.24, 2.45) is 5.73 Å². The molecule has 0 aliphatic carbocycles. The Bertz CT molecular complexity index is 243. The highest BCUT2D eigenvalue weighted by atomic mass is 16.5. The maximum atomic E-state index is 11.6. The largest absolute Gasteiger partial charge is 0.464 e. The number of rotatable bonds is 4. The topological polar surface area (TPSA) is 72.6 Å². The molecule has 86 valence electrons. The van der Waals surface area contributed by atoms with Crippen LogP contribution >= 0.6 is 0 Å². The van der Waals surface area contributed by atoms with E-state index >= 15 is 0 Å². The number of nitrogens with zero attached hydrogens (tertiary/aromatic N) is 1. The molecule has 0 aromatic carbocycles. The molecule has 0 aromatic rings. The fourth-order valence-electron chi connectivity index (χ4n) is 1.69. The fraction of sp³-hybridized carbons (Fsp3) is 0.800. The number of amides is 2. The van der Waals surface area contributed by atoms with Crippen molar-refractivity contribution < 1.29 is 14.3 Å². The van der Waals surface area contributed by atoms with Gasteiger partial charge in [0.1, 0.15) is 6.04 Å². The summed E-state index contributed by atoms with van der Waals surface area (Å²) in [6.45, 7) is 3.01. The molecule has 15 heavy (non-hydrogen) atoms. The fourth-order valence-corrected chi connectivity index (χ4v) is 1.69. The number of esters is 1. The number of unbranched alkanes of at least 4 members (excludes halogenated alkanes) is 1. The third kappa shape index (κ3) is 3.11. The van der Waals surface area contributed by atoms with Crippen molar-refractivity contribution in [3.63, 3.8) is 0 Å². The van der Waals surface area contributed by atoms with Crippen LogP contribution in [0.5, 0.6) is 0 Å². The number of hydrogen-bond donors (Lipinski definition) is 1. The molecule has 1 fully saturated rings. The highest BCUT2D eigenvalue weighted by Gasteiger charge is 2.33. The van der Waals surface area contributed by atoms with Gasteiger partial charge >= 0.3 is 12.0 Å². The molecule has 2 amide bonds. The van der Waals surface area contributed by atoms with E-state index in [9.17, 15) is 9.59 Å². The minimum Gasteiger partial charge on any atom is -0.464 e. The molecule has 0 aromatic heterocycles. The van der Waals surface area contributed by atoms with Crippen molar-refractivity contribution in [3.8, 4) is 0 Å². The number of carbonyl (C=O) groups is 2. The summed E-state index contributed by atoms with van der Waals surface area (Å²) >= 11 is 0. The summed E-state index contributed by atoms with van der Waals surface area (Å²) in [7, 11) is 0.